The monoisotopic (exact) mass is 1450 g/mol. The van der Waals surface area contributed by atoms with Gasteiger partial charge in [-0.1, -0.05) is 285 Å². The number of carbonyl (C=O) groups excluding carboxylic acids is 4. The molecule has 3 N–H and O–H groups in total. The number of aliphatic hydroxyl groups is 1. The van der Waals surface area contributed by atoms with Crippen LogP contribution in [0.15, 0.2) is 109 Å². The Balaban J connectivity index is 5.38. The summed E-state index contributed by atoms with van der Waals surface area (Å²) in [4.78, 5) is 72.9. The second-order valence-corrected chi connectivity index (χ2v) is 28.8. The number of hydrogen-bond acceptors (Lipinski definition) is 15. The normalized spacial score (nSPS) is 14.5. The van der Waals surface area contributed by atoms with Crippen molar-refractivity contribution in [2.45, 2.75) is 341 Å². The van der Waals surface area contributed by atoms with E-state index in [1.54, 1.807) is 0 Å². The molecule has 5 atom stereocenters. The van der Waals surface area contributed by atoms with Crippen LogP contribution < -0.4 is 0 Å². The zero-order valence-corrected chi connectivity index (χ0v) is 64.6. The van der Waals surface area contributed by atoms with Crippen LogP contribution in [0.2, 0.25) is 0 Å². The van der Waals surface area contributed by atoms with Crippen LogP contribution in [0.3, 0.4) is 0 Å². The number of phosphoric ester groups is 2. The van der Waals surface area contributed by atoms with Gasteiger partial charge in [0.15, 0.2) is 12.2 Å². The van der Waals surface area contributed by atoms with Crippen molar-refractivity contribution < 1.29 is 80.2 Å². The summed E-state index contributed by atoms with van der Waals surface area (Å²) in [6.45, 7) is 4.55. The highest BCUT2D eigenvalue weighted by Crippen LogP contribution is 2.45. The maximum absolute atomic E-state index is 13.1. The van der Waals surface area contributed by atoms with Gasteiger partial charge in [-0.2, -0.15) is 0 Å². The molecule has 576 valence electrons. The molecule has 0 fully saturated rings. The lowest BCUT2D eigenvalue weighted by Crippen LogP contribution is -2.30. The Morgan fingerprint density at radius 2 is 0.540 bits per heavy atom. The molecular formula is C81H140O17P2. The van der Waals surface area contributed by atoms with E-state index in [0.717, 1.165) is 173 Å². The Morgan fingerprint density at radius 3 is 0.840 bits per heavy atom. The SMILES string of the molecule is CC/C=C\C/C=C\C/C=C\C/C=C\CCCCCCC(=O)OCC(COP(=O)(O)OCC(O)COP(=O)(O)OCC(COC(=O)CCCCCCCCCCCCCCCCC)OC(=O)CCCCCCC/C=C\C/C=C\CCC)OC(=O)CCCCCCC/C=C\C/C=C\C/C=C\CC. The summed E-state index contributed by atoms with van der Waals surface area (Å²) in [6, 6.07) is 0. The molecule has 0 heterocycles. The highest BCUT2D eigenvalue weighted by atomic mass is 31.2. The third kappa shape index (κ3) is 72.1. The first-order valence-corrected chi connectivity index (χ1v) is 42.1. The molecular weight excluding hydrogens is 1310 g/mol. The average Bonchev–Trinajstić information content (AvgIpc) is 1.06. The van der Waals surface area contributed by atoms with Crippen LogP contribution in [0.5, 0.6) is 0 Å². The highest BCUT2D eigenvalue weighted by Gasteiger charge is 2.30. The van der Waals surface area contributed by atoms with E-state index in [1.807, 2.05) is 0 Å². The van der Waals surface area contributed by atoms with Crippen LogP contribution in [-0.2, 0) is 65.4 Å². The van der Waals surface area contributed by atoms with Crippen molar-refractivity contribution in [3.63, 3.8) is 0 Å². The summed E-state index contributed by atoms with van der Waals surface area (Å²) >= 11 is 0. The fraction of sp³-hybridized carbons (Fsp3) is 0.728. The molecule has 0 aromatic carbocycles. The van der Waals surface area contributed by atoms with Crippen molar-refractivity contribution in [3.8, 4) is 0 Å². The molecule has 17 nitrogen and oxygen atoms in total. The molecule has 0 saturated heterocycles. The molecule has 0 bridgehead atoms. The van der Waals surface area contributed by atoms with Gasteiger partial charge in [0.1, 0.15) is 19.3 Å². The van der Waals surface area contributed by atoms with Crippen molar-refractivity contribution in [2.75, 3.05) is 39.6 Å². The van der Waals surface area contributed by atoms with Crippen LogP contribution in [0, 0.1) is 0 Å². The minimum absolute atomic E-state index is 0.0682. The van der Waals surface area contributed by atoms with Gasteiger partial charge in [0.05, 0.1) is 26.4 Å². The maximum atomic E-state index is 13.1. The third-order valence-corrected chi connectivity index (χ3v) is 18.1. The first kappa shape index (κ1) is 95.7. The van der Waals surface area contributed by atoms with Gasteiger partial charge in [0, 0.05) is 25.7 Å². The summed E-state index contributed by atoms with van der Waals surface area (Å²) in [5.41, 5.74) is 0. The minimum atomic E-state index is -4.99. The highest BCUT2D eigenvalue weighted by molar-refractivity contribution is 7.47. The van der Waals surface area contributed by atoms with E-state index >= 15 is 0 Å². The van der Waals surface area contributed by atoms with Crippen LogP contribution >= 0.6 is 15.6 Å². The molecule has 0 aliphatic carbocycles. The van der Waals surface area contributed by atoms with Crippen molar-refractivity contribution in [1.29, 1.82) is 0 Å². The van der Waals surface area contributed by atoms with Crippen molar-refractivity contribution in [2.24, 2.45) is 0 Å². The zero-order chi connectivity index (χ0) is 73.2. The standard InChI is InChI=1S/C81H140O17P2/c1-5-9-13-17-21-25-29-33-36-37-40-43-46-50-54-58-62-66-79(84)92-72-77(98-81(86)68-64-60-56-52-48-44-39-35-31-27-23-19-15-11-7-3)74-96-100(89,90)94-70-75(82)69-93-99(87,88)95-73-76(97-80(85)67-63-59-55-51-47-41-32-28-24-20-16-12-8-4)71-91-78(83)65-61-57-53-49-45-42-38-34-30-26-22-18-14-10-6-2/h9,11,13,15-16,20-21,23,25,27-28,32-33,35-36,39-40,43,75-77,82H,5-8,10,12,14,17-19,22,24,26,29-31,34,37-38,41-42,44-74H2,1-4H3,(H,87,88)(H,89,90)/b13-9-,15-11-,20-16-,25-21-,27-23-,32-28-,36-33-,39-35-,43-40-. The molecule has 100 heavy (non-hydrogen) atoms. The molecule has 0 saturated carbocycles. The van der Waals surface area contributed by atoms with Gasteiger partial charge < -0.3 is 33.8 Å². The molecule has 0 aromatic heterocycles. The molecule has 0 rings (SSSR count). The number of carbonyl (C=O) groups is 4. The predicted octanol–water partition coefficient (Wildman–Crippen LogP) is 22.6. The summed E-state index contributed by atoms with van der Waals surface area (Å²) in [5.74, 6) is -2.22. The summed E-state index contributed by atoms with van der Waals surface area (Å²) in [7, 11) is -9.97. The first-order chi connectivity index (χ1) is 48.7. The molecule has 0 spiro atoms. The number of rotatable bonds is 73. The predicted molar refractivity (Wildman–Crippen MR) is 408 cm³/mol. The number of hydrogen-bond donors (Lipinski definition) is 3. The van der Waals surface area contributed by atoms with E-state index in [2.05, 4.69) is 137 Å². The number of esters is 4. The minimum Gasteiger partial charge on any atom is -0.462 e. The van der Waals surface area contributed by atoms with Gasteiger partial charge in [-0.25, -0.2) is 9.13 Å². The van der Waals surface area contributed by atoms with Crippen LogP contribution in [0.1, 0.15) is 323 Å². The van der Waals surface area contributed by atoms with E-state index in [9.17, 15) is 43.2 Å². The average molecular weight is 1450 g/mol. The second-order valence-electron chi connectivity index (χ2n) is 25.9. The van der Waals surface area contributed by atoms with E-state index in [-0.39, 0.29) is 25.7 Å². The lowest BCUT2D eigenvalue weighted by atomic mass is 10.0. The van der Waals surface area contributed by atoms with Crippen LogP contribution in [-0.4, -0.2) is 96.7 Å². The van der Waals surface area contributed by atoms with Gasteiger partial charge >= 0.3 is 39.5 Å². The van der Waals surface area contributed by atoms with Crippen molar-refractivity contribution in [1.82, 2.24) is 0 Å². The Hall–Kier alpha value is -4.28. The molecule has 0 aliphatic heterocycles. The lowest BCUT2D eigenvalue weighted by molar-refractivity contribution is -0.161. The first-order valence-electron chi connectivity index (χ1n) is 39.1. The molecule has 19 heteroatoms. The van der Waals surface area contributed by atoms with Gasteiger partial charge in [0.25, 0.3) is 0 Å². The van der Waals surface area contributed by atoms with Gasteiger partial charge in [-0.15, -0.1) is 0 Å². The molecule has 0 aromatic rings. The van der Waals surface area contributed by atoms with Crippen LogP contribution in [0.4, 0.5) is 0 Å². The summed E-state index contributed by atoms with van der Waals surface area (Å²) in [6.07, 6.45) is 77.8. The fourth-order valence-electron chi connectivity index (χ4n) is 10.3. The summed E-state index contributed by atoms with van der Waals surface area (Å²) < 4.78 is 68.5. The van der Waals surface area contributed by atoms with Gasteiger partial charge in [-0.05, 0) is 122 Å². The topological polar surface area (TPSA) is 237 Å². The fourth-order valence-corrected chi connectivity index (χ4v) is 11.9. The quantitative estimate of drug-likeness (QED) is 0.0169. The molecule has 0 amide bonds. The van der Waals surface area contributed by atoms with E-state index in [4.69, 9.17) is 37.0 Å². The largest absolute Gasteiger partial charge is 0.472 e. The maximum Gasteiger partial charge on any atom is 0.472 e. The smallest absolute Gasteiger partial charge is 0.462 e. The summed E-state index contributed by atoms with van der Waals surface area (Å²) in [5, 5.41) is 10.6. The molecule has 0 radical (unpaired) electrons. The number of unbranched alkanes of at least 4 members (excludes halogenated alkanes) is 29. The van der Waals surface area contributed by atoms with Crippen molar-refractivity contribution in [3.05, 3.63) is 109 Å². The van der Waals surface area contributed by atoms with E-state index in [1.165, 1.54) is 70.6 Å². The molecule has 0 aliphatic rings. The van der Waals surface area contributed by atoms with Gasteiger partial charge in [0.2, 0.25) is 0 Å². The third-order valence-electron chi connectivity index (χ3n) is 16.2. The molecule has 5 unspecified atom stereocenters. The Morgan fingerprint density at radius 1 is 0.290 bits per heavy atom. The van der Waals surface area contributed by atoms with Gasteiger partial charge in [-0.3, -0.25) is 37.3 Å². The van der Waals surface area contributed by atoms with Crippen LogP contribution in [0.25, 0.3) is 0 Å². The van der Waals surface area contributed by atoms with E-state index in [0.29, 0.717) is 25.7 Å². The Bertz CT molecular complexity index is 2320. The number of allylic oxidation sites excluding steroid dienone is 18. The Kier molecular flexibility index (Phi) is 69.9. The lowest BCUT2D eigenvalue weighted by Gasteiger charge is -2.21. The van der Waals surface area contributed by atoms with E-state index < -0.39 is 97.5 Å². The zero-order valence-electron chi connectivity index (χ0n) is 62.8. The Labute approximate surface area is 607 Å². The number of phosphoric acid groups is 2. The number of ether oxygens (including phenoxy) is 4. The van der Waals surface area contributed by atoms with Crippen molar-refractivity contribution >= 4 is 39.5 Å². The number of aliphatic hydroxyl groups excluding tert-OH is 1. The second kappa shape index (κ2) is 73.0.